The van der Waals surface area contributed by atoms with Crippen LogP contribution in [-0.4, -0.2) is 32.7 Å². The Morgan fingerprint density at radius 3 is 2.67 bits per heavy atom. The van der Waals surface area contributed by atoms with Crippen LogP contribution >= 0.6 is 11.8 Å². The van der Waals surface area contributed by atoms with Crippen molar-refractivity contribution in [3.8, 4) is 5.75 Å². The van der Waals surface area contributed by atoms with Gasteiger partial charge in [-0.15, -0.1) is 10.2 Å². The lowest BCUT2D eigenvalue weighted by atomic mass is 10.2. The van der Waals surface area contributed by atoms with Gasteiger partial charge in [-0.2, -0.15) is 5.10 Å². The third kappa shape index (κ3) is 6.57. The average Bonchev–Trinajstić information content (AvgIpc) is 3.23. The summed E-state index contributed by atoms with van der Waals surface area (Å²) in [5.41, 5.74) is 4.36. The quantitative estimate of drug-likeness (QED) is 0.128. The summed E-state index contributed by atoms with van der Waals surface area (Å²) in [7, 11) is 0. The van der Waals surface area contributed by atoms with Gasteiger partial charge in [-0.05, 0) is 29.8 Å². The normalized spacial score (nSPS) is 10.9. The van der Waals surface area contributed by atoms with Gasteiger partial charge in [0.1, 0.15) is 24.0 Å². The summed E-state index contributed by atoms with van der Waals surface area (Å²) >= 11 is 0.985. The highest BCUT2D eigenvalue weighted by molar-refractivity contribution is 7.99. The summed E-state index contributed by atoms with van der Waals surface area (Å²) in [6, 6.07) is 20.1. The molecule has 184 valence electrons. The van der Waals surface area contributed by atoms with Crippen LogP contribution in [0.4, 0.5) is 20.4 Å². The van der Waals surface area contributed by atoms with E-state index in [-0.39, 0.29) is 22.5 Å². The second kappa shape index (κ2) is 11.8. The van der Waals surface area contributed by atoms with Crippen LogP contribution in [-0.2, 0) is 11.4 Å². The van der Waals surface area contributed by atoms with Crippen molar-refractivity contribution in [1.29, 1.82) is 0 Å². The Hall–Kier alpha value is -4.45. The molecule has 0 aliphatic heterocycles. The number of nitrogens with two attached hydrogens (primary N) is 1. The molecule has 0 spiro atoms. The minimum absolute atomic E-state index is 0.123. The molecule has 0 atom stereocenters. The molecule has 4 rings (SSSR count). The summed E-state index contributed by atoms with van der Waals surface area (Å²) in [6.07, 6.45) is 1.56. The van der Waals surface area contributed by atoms with Gasteiger partial charge in [0.15, 0.2) is 0 Å². The third-order valence-electron chi connectivity index (χ3n) is 4.73. The molecule has 0 radical (unpaired) electrons. The molecular formula is C24H21F2N7O2S. The largest absolute Gasteiger partial charge is 0.488 e. The number of benzene rings is 3. The number of hydrazone groups is 1. The van der Waals surface area contributed by atoms with Crippen molar-refractivity contribution in [2.45, 2.75) is 11.8 Å². The van der Waals surface area contributed by atoms with Crippen molar-refractivity contribution < 1.29 is 18.3 Å². The molecule has 3 aromatic carbocycles. The van der Waals surface area contributed by atoms with E-state index in [9.17, 15) is 13.6 Å². The van der Waals surface area contributed by atoms with Crippen molar-refractivity contribution in [2.24, 2.45) is 5.10 Å². The number of nitrogen functional groups attached to an aromatic ring is 1. The fourth-order valence-electron chi connectivity index (χ4n) is 2.97. The summed E-state index contributed by atoms with van der Waals surface area (Å²) in [4.78, 5) is 12.1. The number of carbonyl (C=O) groups is 1. The highest BCUT2D eigenvalue weighted by Crippen LogP contribution is 2.20. The maximum Gasteiger partial charge on any atom is 0.264 e. The second-order valence-electron chi connectivity index (χ2n) is 7.32. The van der Waals surface area contributed by atoms with Crippen LogP contribution in [0.5, 0.6) is 5.75 Å². The van der Waals surface area contributed by atoms with Gasteiger partial charge in [-0.1, -0.05) is 54.2 Å². The van der Waals surface area contributed by atoms with Crippen LogP contribution in [0.1, 0.15) is 11.1 Å². The number of nitrogens with zero attached hydrogens (tertiary/aromatic N) is 4. The summed E-state index contributed by atoms with van der Waals surface area (Å²) in [5.74, 6) is 4.53. The van der Waals surface area contributed by atoms with Gasteiger partial charge in [0.2, 0.25) is 11.1 Å². The lowest BCUT2D eigenvalue weighted by molar-refractivity contribution is -0.113. The van der Waals surface area contributed by atoms with E-state index in [2.05, 4.69) is 26.0 Å². The van der Waals surface area contributed by atoms with Crippen molar-refractivity contribution in [2.75, 3.05) is 22.3 Å². The van der Waals surface area contributed by atoms with E-state index < -0.39 is 17.5 Å². The van der Waals surface area contributed by atoms with Gasteiger partial charge < -0.3 is 15.9 Å². The SMILES string of the molecule is Nn1c(N/N=C/c2ccccc2OCc2ccccc2)nnc1SCC(=O)Nc1ccc(F)cc1F. The standard InChI is InChI=1S/C24H21F2N7O2S/c25-18-10-11-20(19(26)12-18)29-22(34)15-36-24-32-31-23(33(24)27)30-28-13-17-8-4-5-9-21(17)35-14-16-6-2-1-3-7-16/h1-13H,14-15,27H2,(H,29,34)(H,30,31)/b28-13+. The van der Waals surface area contributed by atoms with E-state index in [0.717, 1.165) is 39.7 Å². The first-order chi connectivity index (χ1) is 17.5. The third-order valence-corrected chi connectivity index (χ3v) is 5.67. The Labute approximate surface area is 209 Å². The average molecular weight is 510 g/mol. The Morgan fingerprint density at radius 2 is 1.86 bits per heavy atom. The number of ether oxygens (including phenoxy) is 1. The van der Waals surface area contributed by atoms with Crippen molar-refractivity contribution in [3.05, 3.63) is 95.6 Å². The van der Waals surface area contributed by atoms with Crippen LogP contribution in [0.2, 0.25) is 0 Å². The molecule has 1 heterocycles. The molecule has 0 aliphatic carbocycles. The van der Waals surface area contributed by atoms with E-state index in [1.807, 2.05) is 54.6 Å². The number of hydrogen-bond acceptors (Lipinski definition) is 8. The highest BCUT2D eigenvalue weighted by Gasteiger charge is 2.13. The van der Waals surface area contributed by atoms with E-state index in [1.54, 1.807) is 6.21 Å². The highest BCUT2D eigenvalue weighted by atomic mass is 32.2. The van der Waals surface area contributed by atoms with E-state index in [4.69, 9.17) is 10.6 Å². The zero-order chi connectivity index (χ0) is 25.3. The smallest absolute Gasteiger partial charge is 0.264 e. The summed E-state index contributed by atoms with van der Waals surface area (Å²) in [5, 5.41) is 14.6. The van der Waals surface area contributed by atoms with Crippen molar-refractivity contribution in [3.63, 3.8) is 0 Å². The van der Waals surface area contributed by atoms with Gasteiger partial charge >= 0.3 is 0 Å². The van der Waals surface area contributed by atoms with Crippen molar-refractivity contribution in [1.82, 2.24) is 14.9 Å². The predicted molar refractivity (Wildman–Crippen MR) is 134 cm³/mol. The van der Waals surface area contributed by atoms with Gasteiger partial charge in [-0.3, -0.25) is 4.79 Å². The molecule has 0 aliphatic rings. The fourth-order valence-corrected chi connectivity index (χ4v) is 3.63. The zero-order valence-electron chi connectivity index (χ0n) is 18.8. The zero-order valence-corrected chi connectivity index (χ0v) is 19.6. The number of aromatic nitrogens is 3. The lowest BCUT2D eigenvalue weighted by Gasteiger charge is -2.09. The number of anilines is 2. The number of carbonyl (C=O) groups excluding carboxylic acids is 1. The van der Waals surface area contributed by atoms with Crippen molar-refractivity contribution >= 4 is 35.5 Å². The van der Waals surface area contributed by atoms with Crippen LogP contribution in [0.25, 0.3) is 0 Å². The number of thioether (sulfide) groups is 1. The number of halogens is 2. The number of amides is 1. The minimum atomic E-state index is -0.869. The Bertz CT molecular complexity index is 1370. The minimum Gasteiger partial charge on any atom is -0.488 e. The predicted octanol–water partition coefficient (Wildman–Crippen LogP) is 4.03. The molecule has 0 saturated carbocycles. The number of para-hydroxylation sites is 1. The molecule has 4 N–H and O–H groups in total. The van der Waals surface area contributed by atoms with Crippen LogP contribution in [0.15, 0.2) is 83.1 Å². The molecule has 1 aromatic heterocycles. The van der Waals surface area contributed by atoms with Crippen LogP contribution in [0, 0.1) is 11.6 Å². The van der Waals surface area contributed by atoms with E-state index in [1.165, 1.54) is 0 Å². The molecule has 0 unspecified atom stereocenters. The Balaban J connectivity index is 1.31. The second-order valence-corrected chi connectivity index (χ2v) is 8.26. The van der Waals surface area contributed by atoms with Gasteiger partial charge in [0.25, 0.3) is 5.95 Å². The molecule has 0 bridgehead atoms. The van der Waals surface area contributed by atoms with Gasteiger partial charge in [-0.25, -0.2) is 18.9 Å². The maximum absolute atomic E-state index is 13.7. The topological polar surface area (TPSA) is 119 Å². The number of hydrogen-bond donors (Lipinski definition) is 3. The summed E-state index contributed by atoms with van der Waals surface area (Å²) in [6.45, 7) is 0.415. The molecule has 9 nitrogen and oxygen atoms in total. The first-order valence-electron chi connectivity index (χ1n) is 10.6. The summed E-state index contributed by atoms with van der Waals surface area (Å²) < 4.78 is 33.7. The lowest BCUT2D eigenvalue weighted by Crippen LogP contribution is -2.17. The van der Waals surface area contributed by atoms with E-state index >= 15 is 0 Å². The Kier molecular flexibility index (Phi) is 8.08. The van der Waals surface area contributed by atoms with Gasteiger partial charge in [0, 0.05) is 11.6 Å². The molecule has 0 fully saturated rings. The number of nitrogens with one attached hydrogen (secondary N) is 2. The molecular weight excluding hydrogens is 488 g/mol. The van der Waals surface area contributed by atoms with Crippen LogP contribution < -0.4 is 21.3 Å². The monoisotopic (exact) mass is 509 g/mol. The van der Waals surface area contributed by atoms with E-state index in [0.29, 0.717) is 18.4 Å². The number of rotatable bonds is 10. The molecule has 4 aromatic rings. The molecule has 0 saturated heterocycles. The molecule has 36 heavy (non-hydrogen) atoms. The maximum atomic E-state index is 13.7. The fraction of sp³-hybridized carbons (Fsp3) is 0.0833. The van der Waals surface area contributed by atoms with Crippen LogP contribution in [0.3, 0.4) is 0 Å². The molecule has 1 amide bonds. The first-order valence-corrected chi connectivity index (χ1v) is 11.6. The molecule has 12 heteroatoms. The van der Waals surface area contributed by atoms with Gasteiger partial charge in [0.05, 0.1) is 17.7 Å². The first kappa shape index (κ1) is 24.7. The Morgan fingerprint density at radius 1 is 1.08 bits per heavy atom.